The molecule has 2 heterocycles. The molecule has 20 heavy (non-hydrogen) atoms. The minimum atomic E-state index is 0.251. The number of likely N-dealkylation sites (tertiary alicyclic amines) is 1. The van der Waals surface area contributed by atoms with Gasteiger partial charge in [0.25, 0.3) is 0 Å². The predicted molar refractivity (Wildman–Crippen MR) is 90.2 cm³/mol. The predicted octanol–water partition coefficient (Wildman–Crippen LogP) is 3.30. The van der Waals surface area contributed by atoms with Crippen LogP contribution in [0.5, 0.6) is 0 Å². The van der Waals surface area contributed by atoms with E-state index < -0.39 is 0 Å². The van der Waals surface area contributed by atoms with Gasteiger partial charge in [-0.05, 0) is 45.2 Å². The summed E-state index contributed by atoms with van der Waals surface area (Å²) < 4.78 is 0. The minimum absolute atomic E-state index is 0.251. The number of nitrogens with one attached hydrogen (secondary N) is 1. The third kappa shape index (κ3) is 5.49. The van der Waals surface area contributed by atoms with E-state index in [9.17, 15) is 4.79 Å². The number of carbonyl (C=O) groups is 1. The number of likely N-dealkylation sites (N-methyl/N-ethyl adjacent to an activating group) is 1. The molecule has 0 bridgehead atoms. The summed E-state index contributed by atoms with van der Waals surface area (Å²) in [6.45, 7) is 5.37. The topological polar surface area (TPSA) is 32.3 Å². The largest absolute Gasteiger partial charge is 0.355 e. The molecule has 0 aliphatic carbocycles. The van der Waals surface area contributed by atoms with Crippen molar-refractivity contribution in [2.45, 2.75) is 63.2 Å². The third-order valence-corrected chi connectivity index (χ3v) is 7.35. The Kier molecular flexibility index (Phi) is 7.60. The van der Waals surface area contributed by atoms with Crippen LogP contribution in [0.15, 0.2) is 0 Å². The number of hydrogen-bond donors (Lipinski definition) is 1. The molecule has 2 atom stereocenters. The van der Waals surface area contributed by atoms with Gasteiger partial charge in [-0.3, -0.25) is 9.69 Å². The van der Waals surface area contributed by atoms with E-state index >= 15 is 0 Å². The summed E-state index contributed by atoms with van der Waals surface area (Å²) in [4.78, 5) is 14.3. The molecule has 116 valence electrons. The van der Waals surface area contributed by atoms with Crippen molar-refractivity contribution in [3.63, 3.8) is 0 Å². The van der Waals surface area contributed by atoms with Gasteiger partial charge >= 0.3 is 0 Å². The molecule has 2 aliphatic rings. The van der Waals surface area contributed by atoms with E-state index in [1.165, 1.54) is 44.4 Å². The molecule has 0 aromatic heterocycles. The second-order valence-corrected chi connectivity index (χ2v) is 8.59. The fourth-order valence-corrected chi connectivity index (χ4v) is 6.11. The molecule has 0 aromatic rings. The lowest BCUT2D eigenvalue weighted by atomic mass is 10.1. The molecule has 0 saturated carbocycles. The van der Waals surface area contributed by atoms with Crippen LogP contribution in [0, 0.1) is 0 Å². The van der Waals surface area contributed by atoms with Crippen molar-refractivity contribution in [3.8, 4) is 0 Å². The Balaban J connectivity index is 1.49. The smallest absolute Gasteiger partial charge is 0.220 e. The van der Waals surface area contributed by atoms with Crippen LogP contribution in [0.25, 0.3) is 0 Å². The molecule has 5 heteroatoms. The summed E-state index contributed by atoms with van der Waals surface area (Å²) >= 11 is 0. The number of carbonyl (C=O) groups excluding carboxylic acids is 1. The van der Waals surface area contributed by atoms with Crippen molar-refractivity contribution >= 4 is 27.5 Å². The summed E-state index contributed by atoms with van der Waals surface area (Å²) in [5.41, 5.74) is 0. The average molecular weight is 317 g/mol. The average Bonchev–Trinajstić information content (AvgIpc) is 3.12. The van der Waals surface area contributed by atoms with E-state index in [-0.39, 0.29) is 5.91 Å². The van der Waals surface area contributed by atoms with E-state index in [1.807, 2.05) is 21.6 Å². The maximum Gasteiger partial charge on any atom is 0.220 e. The van der Waals surface area contributed by atoms with Crippen LogP contribution in [0.3, 0.4) is 0 Å². The van der Waals surface area contributed by atoms with Crippen molar-refractivity contribution in [2.75, 3.05) is 25.4 Å². The van der Waals surface area contributed by atoms with Crippen LogP contribution >= 0.6 is 21.6 Å². The van der Waals surface area contributed by atoms with Crippen molar-refractivity contribution in [1.29, 1.82) is 0 Å². The van der Waals surface area contributed by atoms with E-state index in [2.05, 4.69) is 17.1 Å². The Bertz CT molecular complexity index is 296. The summed E-state index contributed by atoms with van der Waals surface area (Å²) in [7, 11) is 4.05. The van der Waals surface area contributed by atoms with Crippen molar-refractivity contribution in [1.82, 2.24) is 10.2 Å². The van der Waals surface area contributed by atoms with Gasteiger partial charge in [0.15, 0.2) is 0 Å². The standard InChI is InChI=1S/C15H28N2OS2/c1-2-17-10-5-6-13(17)12-16-15(18)8-4-3-7-14-9-11-19-20-14/h13-14H,2-12H2,1H3,(H,16,18)/t13-,14+/m1/s1. The second-order valence-electron chi connectivity index (χ2n) is 5.80. The van der Waals surface area contributed by atoms with Gasteiger partial charge in [0.2, 0.25) is 5.91 Å². The number of unbranched alkanes of at least 4 members (excludes halogenated alkanes) is 1. The zero-order chi connectivity index (χ0) is 14.2. The molecule has 0 aromatic carbocycles. The van der Waals surface area contributed by atoms with E-state index in [0.717, 1.165) is 24.8 Å². The van der Waals surface area contributed by atoms with Crippen molar-refractivity contribution in [3.05, 3.63) is 0 Å². The maximum atomic E-state index is 11.9. The third-order valence-electron chi connectivity index (χ3n) is 4.35. The summed E-state index contributed by atoms with van der Waals surface area (Å²) in [6, 6.07) is 0.580. The molecular weight excluding hydrogens is 288 g/mol. The molecular formula is C15H28N2OS2. The number of amides is 1. The Morgan fingerprint density at radius 1 is 1.35 bits per heavy atom. The lowest BCUT2D eigenvalue weighted by molar-refractivity contribution is -0.121. The molecule has 2 fully saturated rings. The van der Waals surface area contributed by atoms with Crippen LogP contribution in [0.2, 0.25) is 0 Å². The highest BCUT2D eigenvalue weighted by molar-refractivity contribution is 8.77. The maximum absolute atomic E-state index is 11.9. The van der Waals surface area contributed by atoms with Gasteiger partial charge in [0.05, 0.1) is 0 Å². The van der Waals surface area contributed by atoms with Crippen LogP contribution in [-0.4, -0.2) is 47.5 Å². The second kappa shape index (κ2) is 9.21. The zero-order valence-electron chi connectivity index (χ0n) is 12.6. The van der Waals surface area contributed by atoms with Gasteiger partial charge in [0, 0.05) is 30.0 Å². The SMILES string of the molecule is CCN1CCC[C@@H]1CNC(=O)CCCC[C@H]1CCSS1. The quantitative estimate of drug-likeness (QED) is 0.550. The summed E-state index contributed by atoms with van der Waals surface area (Å²) in [6.07, 6.45) is 8.14. The van der Waals surface area contributed by atoms with Gasteiger partial charge in [-0.2, -0.15) is 0 Å². The van der Waals surface area contributed by atoms with E-state index in [1.54, 1.807) is 0 Å². The Morgan fingerprint density at radius 2 is 2.25 bits per heavy atom. The fourth-order valence-electron chi connectivity index (χ4n) is 3.08. The van der Waals surface area contributed by atoms with Gasteiger partial charge in [-0.25, -0.2) is 0 Å². The number of nitrogens with zero attached hydrogens (tertiary/aromatic N) is 1. The highest BCUT2D eigenvalue weighted by Crippen LogP contribution is 2.39. The molecule has 2 aliphatic heterocycles. The van der Waals surface area contributed by atoms with Crippen LogP contribution in [-0.2, 0) is 4.79 Å². The fraction of sp³-hybridized carbons (Fsp3) is 0.933. The molecule has 1 amide bonds. The lowest BCUT2D eigenvalue weighted by Crippen LogP contribution is -2.39. The molecule has 1 N–H and O–H groups in total. The monoisotopic (exact) mass is 316 g/mol. The minimum Gasteiger partial charge on any atom is -0.355 e. The molecule has 2 rings (SSSR count). The zero-order valence-corrected chi connectivity index (χ0v) is 14.2. The van der Waals surface area contributed by atoms with Crippen molar-refractivity contribution in [2.24, 2.45) is 0 Å². The molecule has 3 nitrogen and oxygen atoms in total. The van der Waals surface area contributed by atoms with Crippen LogP contribution in [0.1, 0.15) is 51.9 Å². The highest BCUT2D eigenvalue weighted by Gasteiger charge is 2.23. The Hall–Kier alpha value is 0.130. The number of hydrogen-bond acceptors (Lipinski definition) is 4. The molecule has 2 saturated heterocycles. The van der Waals surface area contributed by atoms with Gasteiger partial charge in [0.1, 0.15) is 0 Å². The van der Waals surface area contributed by atoms with Crippen LogP contribution in [0.4, 0.5) is 0 Å². The lowest BCUT2D eigenvalue weighted by Gasteiger charge is -2.22. The highest BCUT2D eigenvalue weighted by atomic mass is 33.1. The summed E-state index contributed by atoms with van der Waals surface area (Å²) in [5.74, 6) is 1.56. The van der Waals surface area contributed by atoms with E-state index in [4.69, 9.17) is 0 Å². The first-order valence-electron chi connectivity index (χ1n) is 8.08. The first kappa shape index (κ1) is 16.5. The normalized spacial score (nSPS) is 27.1. The van der Waals surface area contributed by atoms with Crippen LogP contribution < -0.4 is 5.32 Å². The molecule has 0 spiro atoms. The van der Waals surface area contributed by atoms with Gasteiger partial charge < -0.3 is 5.32 Å². The van der Waals surface area contributed by atoms with Gasteiger partial charge in [-0.1, -0.05) is 34.9 Å². The molecule has 0 radical (unpaired) electrons. The van der Waals surface area contributed by atoms with Gasteiger partial charge in [-0.15, -0.1) is 0 Å². The first-order valence-corrected chi connectivity index (χ1v) is 10.5. The van der Waals surface area contributed by atoms with Crippen molar-refractivity contribution < 1.29 is 4.79 Å². The first-order chi connectivity index (χ1) is 9.79. The Morgan fingerprint density at radius 3 is 3.00 bits per heavy atom. The number of rotatable bonds is 8. The van der Waals surface area contributed by atoms with E-state index in [0.29, 0.717) is 12.5 Å². The summed E-state index contributed by atoms with van der Waals surface area (Å²) in [5, 5.41) is 3.97. The molecule has 0 unspecified atom stereocenters. The Labute approximate surface area is 131 Å².